The Bertz CT molecular complexity index is 519. The number of methoxy groups -OCH3 is 1. The molecule has 1 unspecified atom stereocenters. The van der Waals surface area contributed by atoms with Crippen LogP contribution in [0.3, 0.4) is 0 Å². The summed E-state index contributed by atoms with van der Waals surface area (Å²) in [6.45, 7) is 2.82. The third-order valence-electron chi connectivity index (χ3n) is 2.86. The molecule has 102 valence electrons. The highest BCUT2D eigenvalue weighted by molar-refractivity contribution is 7.05. The van der Waals surface area contributed by atoms with Crippen molar-refractivity contribution in [3.05, 3.63) is 40.7 Å². The molecular weight excluding hydrogens is 265 g/mol. The van der Waals surface area contributed by atoms with Crippen molar-refractivity contribution in [2.45, 2.75) is 19.4 Å². The number of nitrogens with one attached hydrogen (secondary N) is 1. The van der Waals surface area contributed by atoms with Gasteiger partial charge in [0.1, 0.15) is 0 Å². The van der Waals surface area contributed by atoms with Gasteiger partial charge in [0, 0.05) is 6.04 Å². The van der Waals surface area contributed by atoms with Crippen LogP contribution in [0.25, 0.3) is 0 Å². The number of halogens is 1. The molecule has 0 aliphatic heterocycles. The van der Waals surface area contributed by atoms with E-state index in [2.05, 4.69) is 14.9 Å². The van der Waals surface area contributed by atoms with Crippen LogP contribution in [0.2, 0.25) is 0 Å². The van der Waals surface area contributed by atoms with E-state index >= 15 is 0 Å². The largest absolute Gasteiger partial charge is 0.494 e. The first kappa shape index (κ1) is 13.9. The Morgan fingerprint density at radius 1 is 1.47 bits per heavy atom. The molecule has 0 saturated carbocycles. The van der Waals surface area contributed by atoms with Crippen LogP contribution < -0.4 is 10.1 Å². The Hall–Kier alpha value is -1.53. The smallest absolute Gasteiger partial charge is 0.168 e. The maximum absolute atomic E-state index is 14.1. The zero-order chi connectivity index (χ0) is 13.7. The van der Waals surface area contributed by atoms with Crippen molar-refractivity contribution in [3.8, 4) is 5.75 Å². The SMILES string of the molecule is CCNC(Cc1cccc(OC)c1F)c1cnns1. The summed E-state index contributed by atoms with van der Waals surface area (Å²) in [6.07, 6.45) is 2.26. The quantitative estimate of drug-likeness (QED) is 0.884. The second kappa shape index (κ2) is 6.58. The lowest BCUT2D eigenvalue weighted by molar-refractivity contribution is 0.382. The van der Waals surface area contributed by atoms with E-state index in [1.165, 1.54) is 18.6 Å². The van der Waals surface area contributed by atoms with Crippen LogP contribution >= 0.6 is 11.5 Å². The maximum atomic E-state index is 14.1. The Balaban J connectivity index is 2.22. The monoisotopic (exact) mass is 281 g/mol. The van der Waals surface area contributed by atoms with Gasteiger partial charge in [-0.1, -0.05) is 23.5 Å². The van der Waals surface area contributed by atoms with Crippen molar-refractivity contribution in [1.82, 2.24) is 14.9 Å². The van der Waals surface area contributed by atoms with E-state index in [-0.39, 0.29) is 17.6 Å². The summed E-state index contributed by atoms with van der Waals surface area (Å²) < 4.78 is 23.0. The molecule has 1 N–H and O–H groups in total. The maximum Gasteiger partial charge on any atom is 0.168 e. The lowest BCUT2D eigenvalue weighted by Gasteiger charge is -2.16. The molecule has 6 heteroatoms. The van der Waals surface area contributed by atoms with Crippen LogP contribution in [0.5, 0.6) is 5.75 Å². The Labute approximate surface area is 115 Å². The highest BCUT2D eigenvalue weighted by Crippen LogP contribution is 2.26. The standard InChI is InChI=1S/C13H16FN3OS/c1-3-15-10(12-8-16-17-19-12)7-9-5-4-6-11(18-2)13(9)14/h4-6,8,10,15H,3,7H2,1-2H3. The first-order valence-electron chi connectivity index (χ1n) is 6.08. The van der Waals surface area contributed by atoms with Crippen molar-refractivity contribution < 1.29 is 9.13 Å². The second-order valence-electron chi connectivity index (χ2n) is 4.07. The molecule has 2 aromatic rings. The molecule has 0 radical (unpaired) electrons. The van der Waals surface area contributed by atoms with Gasteiger partial charge in [-0.3, -0.25) is 0 Å². The minimum Gasteiger partial charge on any atom is -0.494 e. The highest BCUT2D eigenvalue weighted by atomic mass is 32.1. The molecule has 0 spiro atoms. The number of benzene rings is 1. The summed E-state index contributed by atoms with van der Waals surface area (Å²) in [7, 11) is 1.47. The molecule has 4 nitrogen and oxygen atoms in total. The van der Waals surface area contributed by atoms with Gasteiger partial charge in [0.2, 0.25) is 0 Å². The first-order chi connectivity index (χ1) is 9.26. The second-order valence-corrected chi connectivity index (χ2v) is 4.88. The molecule has 19 heavy (non-hydrogen) atoms. The Kier molecular flexibility index (Phi) is 4.81. The number of rotatable bonds is 6. The van der Waals surface area contributed by atoms with Crippen LogP contribution in [-0.2, 0) is 6.42 Å². The number of hydrogen-bond donors (Lipinski definition) is 1. The zero-order valence-electron chi connectivity index (χ0n) is 10.9. The molecule has 1 heterocycles. The fourth-order valence-electron chi connectivity index (χ4n) is 1.94. The number of ether oxygens (including phenoxy) is 1. The van der Waals surface area contributed by atoms with Crippen molar-refractivity contribution in [2.24, 2.45) is 0 Å². The molecule has 2 rings (SSSR count). The van der Waals surface area contributed by atoms with E-state index in [1.54, 1.807) is 24.4 Å². The van der Waals surface area contributed by atoms with Gasteiger partial charge < -0.3 is 10.1 Å². The van der Waals surface area contributed by atoms with Gasteiger partial charge in [-0.2, -0.15) is 0 Å². The fraction of sp³-hybridized carbons (Fsp3) is 0.385. The number of likely N-dealkylation sites (N-methyl/N-ethyl adjacent to an activating group) is 1. The molecule has 1 atom stereocenters. The Morgan fingerprint density at radius 3 is 2.95 bits per heavy atom. The predicted octanol–water partition coefficient (Wildman–Crippen LogP) is 2.58. The molecule has 0 bridgehead atoms. The molecule has 0 saturated heterocycles. The van der Waals surface area contributed by atoms with E-state index < -0.39 is 0 Å². The summed E-state index contributed by atoms with van der Waals surface area (Å²) in [4.78, 5) is 1.00. The van der Waals surface area contributed by atoms with Crippen LogP contribution in [0.4, 0.5) is 4.39 Å². The van der Waals surface area contributed by atoms with Crippen molar-refractivity contribution in [3.63, 3.8) is 0 Å². The summed E-state index contributed by atoms with van der Waals surface area (Å²) in [5.41, 5.74) is 0.624. The normalized spacial score (nSPS) is 12.4. The van der Waals surface area contributed by atoms with Gasteiger partial charge in [0.05, 0.1) is 18.2 Å². The third kappa shape index (κ3) is 3.27. The molecular formula is C13H16FN3OS. The van der Waals surface area contributed by atoms with Crippen molar-refractivity contribution >= 4 is 11.5 Å². The van der Waals surface area contributed by atoms with Gasteiger partial charge in [0.15, 0.2) is 11.6 Å². The third-order valence-corrected chi connectivity index (χ3v) is 3.64. The zero-order valence-corrected chi connectivity index (χ0v) is 11.7. The summed E-state index contributed by atoms with van der Waals surface area (Å²) in [5, 5.41) is 7.15. The molecule has 0 aliphatic carbocycles. The van der Waals surface area contributed by atoms with E-state index in [9.17, 15) is 4.39 Å². The predicted molar refractivity (Wildman–Crippen MR) is 73.0 cm³/mol. The molecule has 1 aromatic heterocycles. The van der Waals surface area contributed by atoms with Crippen LogP contribution in [-0.4, -0.2) is 23.2 Å². The van der Waals surface area contributed by atoms with Crippen molar-refractivity contribution in [1.29, 1.82) is 0 Å². The number of nitrogens with zero attached hydrogens (tertiary/aromatic N) is 2. The average molecular weight is 281 g/mol. The fourth-order valence-corrected chi connectivity index (χ4v) is 2.52. The van der Waals surface area contributed by atoms with E-state index in [0.717, 1.165) is 11.4 Å². The van der Waals surface area contributed by atoms with Crippen molar-refractivity contribution in [2.75, 3.05) is 13.7 Å². The van der Waals surface area contributed by atoms with Crippen LogP contribution in [0, 0.1) is 5.82 Å². The van der Waals surface area contributed by atoms with Crippen LogP contribution in [0.1, 0.15) is 23.4 Å². The number of aromatic nitrogens is 2. The average Bonchev–Trinajstić information content (AvgIpc) is 2.94. The molecule has 0 aliphatic rings. The molecule has 0 amide bonds. The van der Waals surface area contributed by atoms with Gasteiger partial charge in [-0.05, 0) is 36.1 Å². The first-order valence-corrected chi connectivity index (χ1v) is 6.85. The topological polar surface area (TPSA) is 47.0 Å². The number of hydrogen-bond acceptors (Lipinski definition) is 5. The van der Waals surface area contributed by atoms with E-state index in [1.807, 2.05) is 6.92 Å². The van der Waals surface area contributed by atoms with Gasteiger partial charge in [0.25, 0.3) is 0 Å². The summed E-state index contributed by atoms with van der Waals surface area (Å²) in [5.74, 6) is -0.0273. The molecule has 1 aromatic carbocycles. The van der Waals surface area contributed by atoms with Gasteiger partial charge >= 0.3 is 0 Å². The highest BCUT2D eigenvalue weighted by Gasteiger charge is 2.17. The van der Waals surface area contributed by atoms with E-state index in [4.69, 9.17) is 4.74 Å². The lowest BCUT2D eigenvalue weighted by Crippen LogP contribution is -2.22. The minimum absolute atomic E-state index is 0.0200. The van der Waals surface area contributed by atoms with Gasteiger partial charge in [-0.15, -0.1) is 5.10 Å². The lowest BCUT2D eigenvalue weighted by atomic mass is 10.0. The molecule has 0 fully saturated rings. The van der Waals surface area contributed by atoms with Crippen LogP contribution in [0.15, 0.2) is 24.4 Å². The van der Waals surface area contributed by atoms with Gasteiger partial charge in [-0.25, -0.2) is 4.39 Å². The minimum atomic E-state index is -0.301. The summed E-state index contributed by atoms with van der Waals surface area (Å²) in [6, 6.07) is 5.21. The van der Waals surface area contributed by atoms with E-state index in [0.29, 0.717) is 12.0 Å². The summed E-state index contributed by atoms with van der Waals surface area (Å²) >= 11 is 1.33. The Morgan fingerprint density at radius 2 is 2.32 bits per heavy atom.